The smallest absolute Gasteiger partial charge is 0.262 e. The summed E-state index contributed by atoms with van der Waals surface area (Å²) in [6.45, 7) is 4.60. The average Bonchev–Trinajstić information content (AvgIpc) is 2.94. The first-order valence-corrected chi connectivity index (χ1v) is 8.22. The van der Waals surface area contributed by atoms with E-state index in [-0.39, 0.29) is 5.56 Å². The third-order valence-corrected chi connectivity index (χ3v) is 4.29. The zero-order valence-corrected chi connectivity index (χ0v) is 13.4. The van der Waals surface area contributed by atoms with Crippen molar-refractivity contribution >= 4 is 22.7 Å². The number of para-hydroxylation sites is 1. The number of benzene rings is 1. The third kappa shape index (κ3) is 2.92. The molecule has 0 unspecified atom stereocenters. The summed E-state index contributed by atoms with van der Waals surface area (Å²) in [5.41, 5.74) is 1.60. The highest BCUT2D eigenvalue weighted by Crippen LogP contribution is 2.22. The molecule has 0 aliphatic rings. The van der Waals surface area contributed by atoms with Gasteiger partial charge in [0.05, 0.1) is 22.3 Å². The van der Waals surface area contributed by atoms with Gasteiger partial charge in [-0.25, -0.2) is 4.98 Å². The van der Waals surface area contributed by atoms with Crippen LogP contribution in [-0.2, 0) is 12.3 Å². The lowest BCUT2D eigenvalue weighted by molar-refractivity contribution is 0.391. The predicted octanol–water partition coefficient (Wildman–Crippen LogP) is 3.40. The summed E-state index contributed by atoms with van der Waals surface area (Å²) in [6.07, 6.45) is 0.884. The van der Waals surface area contributed by atoms with Gasteiger partial charge in [0, 0.05) is 12.6 Å². The van der Waals surface area contributed by atoms with Gasteiger partial charge in [-0.2, -0.15) is 0 Å². The lowest BCUT2D eigenvalue weighted by Crippen LogP contribution is -2.23. The maximum atomic E-state index is 12.6. The molecule has 0 aliphatic carbocycles. The first kappa shape index (κ1) is 14.8. The third-order valence-electron chi connectivity index (χ3n) is 3.29. The standard InChI is InChI=1S/C16H17N3O2S/c1-3-8-19-15(20)13-6-4-5-7-14(13)17-16(19)22-10-12-9-11(2)18-21-12/h4-7,9H,3,8,10H2,1-2H3. The molecule has 0 amide bonds. The maximum Gasteiger partial charge on any atom is 0.262 e. The molecule has 5 nitrogen and oxygen atoms in total. The van der Waals surface area contributed by atoms with Gasteiger partial charge < -0.3 is 4.52 Å². The molecule has 0 spiro atoms. The molecule has 1 aromatic carbocycles. The number of hydrogen-bond donors (Lipinski definition) is 0. The van der Waals surface area contributed by atoms with Gasteiger partial charge in [-0.05, 0) is 25.5 Å². The van der Waals surface area contributed by atoms with Gasteiger partial charge in [0.25, 0.3) is 5.56 Å². The molecule has 0 fully saturated rings. The summed E-state index contributed by atoms with van der Waals surface area (Å²) >= 11 is 1.50. The lowest BCUT2D eigenvalue weighted by Gasteiger charge is -2.11. The van der Waals surface area contributed by atoms with E-state index >= 15 is 0 Å². The van der Waals surface area contributed by atoms with E-state index in [2.05, 4.69) is 17.1 Å². The Morgan fingerprint density at radius 1 is 1.32 bits per heavy atom. The van der Waals surface area contributed by atoms with Crippen molar-refractivity contribution in [3.63, 3.8) is 0 Å². The molecule has 22 heavy (non-hydrogen) atoms. The molecule has 114 valence electrons. The Morgan fingerprint density at radius 2 is 2.14 bits per heavy atom. The van der Waals surface area contributed by atoms with Crippen LogP contribution in [0.3, 0.4) is 0 Å². The van der Waals surface area contributed by atoms with E-state index in [1.807, 2.05) is 37.3 Å². The molecule has 2 aromatic heterocycles. The van der Waals surface area contributed by atoms with E-state index < -0.39 is 0 Å². The van der Waals surface area contributed by atoms with Crippen molar-refractivity contribution in [3.05, 3.63) is 52.1 Å². The first-order chi connectivity index (χ1) is 10.7. The molecule has 3 rings (SSSR count). The van der Waals surface area contributed by atoms with E-state index in [1.54, 1.807) is 4.57 Å². The van der Waals surface area contributed by atoms with Crippen LogP contribution >= 0.6 is 11.8 Å². The van der Waals surface area contributed by atoms with Gasteiger partial charge in [-0.15, -0.1) is 0 Å². The Kier molecular flexibility index (Phi) is 4.29. The number of thioether (sulfide) groups is 1. The predicted molar refractivity (Wildman–Crippen MR) is 87.1 cm³/mol. The van der Waals surface area contributed by atoms with Crippen LogP contribution in [0.5, 0.6) is 0 Å². The second-order valence-electron chi connectivity index (χ2n) is 5.09. The van der Waals surface area contributed by atoms with Gasteiger partial charge in [-0.1, -0.05) is 36.0 Å². The summed E-state index contributed by atoms with van der Waals surface area (Å²) < 4.78 is 6.96. The molecule has 2 heterocycles. The number of rotatable bonds is 5. The van der Waals surface area contributed by atoms with Crippen LogP contribution in [0.4, 0.5) is 0 Å². The van der Waals surface area contributed by atoms with Crippen molar-refractivity contribution in [2.75, 3.05) is 0 Å². The minimum atomic E-state index is 0.0173. The summed E-state index contributed by atoms with van der Waals surface area (Å²) in [4.78, 5) is 17.3. The van der Waals surface area contributed by atoms with Crippen molar-refractivity contribution in [1.29, 1.82) is 0 Å². The van der Waals surface area contributed by atoms with E-state index in [4.69, 9.17) is 4.52 Å². The van der Waals surface area contributed by atoms with Crippen molar-refractivity contribution in [2.24, 2.45) is 0 Å². The van der Waals surface area contributed by atoms with Crippen LogP contribution < -0.4 is 5.56 Å². The van der Waals surface area contributed by atoms with Gasteiger partial charge in [0.2, 0.25) is 0 Å². The Hall–Kier alpha value is -2.08. The second-order valence-corrected chi connectivity index (χ2v) is 6.03. The largest absolute Gasteiger partial charge is 0.360 e. The highest BCUT2D eigenvalue weighted by Gasteiger charge is 2.12. The second kappa shape index (κ2) is 6.36. The molecule has 0 saturated heterocycles. The van der Waals surface area contributed by atoms with Gasteiger partial charge in [0.1, 0.15) is 5.76 Å². The highest BCUT2D eigenvalue weighted by molar-refractivity contribution is 7.98. The fourth-order valence-corrected chi connectivity index (χ4v) is 3.20. The SMILES string of the molecule is CCCn1c(SCc2cc(C)no2)nc2ccccc2c1=O. The monoisotopic (exact) mass is 315 g/mol. The Labute approximate surface area is 132 Å². The summed E-state index contributed by atoms with van der Waals surface area (Å²) in [5.74, 6) is 1.39. The van der Waals surface area contributed by atoms with Gasteiger partial charge >= 0.3 is 0 Å². The lowest BCUT2D eigenvalue weighted by atomic mass is 10.2. The van der Waals surface area contributed by atoms with E-state index in [0.717, 1.165) is 28.5 Å². The summed E-state index contributed by atoms with van der Waals surface area (Å²) in [6, 6.07) is 9.36. The number of hydrogen-bond acceptors (Lipinski definition) is 5. The Morgan fingerprint density at radius 3 is 2.86 bits per heavy atom. The molecule has 6 heteroatoms. The Balaban J connectivity index is 1.99. The number of nitrogens with zero attached hydrogens (tertiary/aromatic N) is 3. The molecule has 3 aromatic rings. The molecule has 0 atom stereocenters. The fraction of sp³-hybridized carbons (Fsp3) is 0.312. The molecule has 0 N–H and O–H groups in total. The molecule has 0 aliphatic heterocycles. The van der Waals surface area contributed by atoms with E-state index in [9.17, 15) is 4.79 Å². The minimum absolute atomic E-state index is 0.0173. The number of aryl methyl sites for hydroxylation is 1. The number of fused-ring (bicyclic) bond motifs is 1. The van der Waals surface area contributed by atoms with E-state index in [0.29, 0.717) is 17.7 Å². The quantitative estimate of drug-likeness (QED) is 0.533. The minimum Gasteiger partial charge on any atom is -0.360 e. The van der Waals surface area contributed by atoms with Crippen LogP contribution in [0.1, 0.15) is 24.8 Å². The van der Waals surface area contributed by atoms with Crippen molar-refractivity contribution in [2.45, 2.75) is 37.7 Å². The molecule has 0 radical (unpaired) electrons. The van der Waals surface area contributed by atoms with Crippen LogP contribution in [0.15, 0.2) is 44.8 Å². The average molecular weight is 315 g/mol. The van der Waals surface area contributed by atoms with E-state index in [1.165, 1.54) is 11.8 Å². The molecular formula is C16H17N3O2S. The van der Waals surface area contributed by atoms with Crippen molar-refractivity contribution in [3.8, 4) is 0 Å². The first-order valence-electron chi connectivity index (χ1n) is 7.23. The molecule has 0 bridgehead atoms. The summed E-state index contributed by atoms with van der Waals surface area (Å²) in [7, 11) is 0. The zero-order chi connectivity index (χ0) is 15.5. The maximum absolute atomic E-state index is 12.6. The van der Waals surface area contributed by atoms with Crippen molar-refractivity contribution < 1.29 is 4.52 Å². The van der Waals surface area contributed by atoms with Crippen LogP contribution in [0, 0.1) is 6.92 Å². The fourth-order valence-electron chi connectivity index (χ4n) is 2.30. The van der Waals surface area contributed by atoms with Crippen molar-refractivity contribution in [1.82, 2.24) is 14.7 Å². The molecular weight excluding hydrogens is 298 g/mol. The summed E-state index contributed by atoms with van der Waals surface area (Å²) in [5, 5.41) is 5.26. The highest BCUT2D eigenvalue weighted by atomic mass is 32.2. The molecule has 0 saturated carbocycles. The Bertz CT molecular complexity index is 854. The number of aromatic nitrogens is 3. The van der Waals surface area contributed by atoms with Crippen LogP contribution in [0.2, 0.25) is 0 Å². The van der Waals surface area contributed by atoms with Crippen LogP contribution in [-0.4, -0.2) is 14.7 Å². The normalized spacial score (nSPS) is 11.2. The zero-order valence-electron chi connectivity index (χ0n) is 12.6. The van der Waals surface area contributed by atoms with Gasteiger partial charge in [0.15, 0.2) is 5.16 Å². The van der Waals surface area contributed by atoms with Gasteiger partial charge in [-0.3, -0.25) is 9.36 Å². The topological polar surface area (TPSA) is 60.9 Å². The van der Waals surface area contributed by atoms with Crippen LogP contribution in [0.25, 0.3) is 10.9 Å².